The predicted molar refractivity (Wildman–Crippen MR) is 269 cm³/mol. The van der Waals surface area contributed by atoms with E-state index < -0.39 is 0 Å². The Morgan fingerprint density at radius 2 is 0.891 bits per heavy atom. The standard InChI is InChI=1S/C61H42N2O/c1-41-39-47(43-19-7-3-8-20-43)40-54(45-21-9-4-10-22-45)60(41)63(49-33-29-44(30-34-49)42-17-5-2-6-18-42)57-38-37-50(61-59(57)53-25-13-16-28-58(53)64-61)46-31-35-48(36-32-46)62-55-26-14-11-23-51(55)52-24-12-15-27-56(52)62/h2-40H,1H3. The minimum Gasteiger partial charge on any atom is -0.455 e. The number of aryl methyl sites for hydroxylation is 1. The van der Waals surface area contributed by atoms with Crippen LogP contribution in [-0.4, -0.2) is 4.57 Å². The van der Waals surface area contributed by atoms with E-state index in [1.54, 1.807) is 0 Å². The molecule has 0 N–H and O–H groups in total. The minimum absolute atomic E-state index is 0.854. The normalized spacial score (nSPS) is 11.5. The number of para-hydroxylation sites is 3. The summed E-state index contributed by atoms with van der Waals surface area (Å²) >= 11 is 0. The van der Waals surface area contributed by atoms with Crippen LogP contribution in [0, 0.1) is 6.92 Å². The molecule has 3 nitrogen and oxygen atoms in total. The predicted octanol–water partition coefficient (Wildman–Crippen LogP) is 17.1. The summed E-state index contributed by atoms with van der Waals surface area (Å²) in [7, 11) is 0. The van der Waals surface area contributed by atoms with Gasteiger partial charge in [0.15, 0.2) is 0 Å². The SMILES string of the molecule is Cc1cc(-c2ccccc2)cc(-c2ccccc2)c1N(c1ccc(-c2ccccc2)cc1)c1ccc(-c2ccc(-n3c4ccccc4c4ccccc43)cc2)c2oc3ccccc3c12. The van der Waals surface area contributed by atoms with Crippen molar-refractivity contribution >= 4 is 60.8 Å². The van der Waals surface area contributed by atoms with E-state index in [4.69, 9.17) is 4.42 Å². The molecule has 302 valence electrons. The van der Waals surface area contributed by atoms with E-state index in [-0.39, 0.29) is 0 Å². The maximum Gasteiger partial charge on any atom is 0.145 e. The Labute approximate surface area is 372 Å². The van der Waals surface area contributed by atoms with Crippen LogP contribution in [0.25, 0.3) is 93.9 Å². The molecule has 12 aromatic rings. The summed E-state index contributed by atoms with van der Waals surface area (Å²) < 4.78 is 9.35. The Morgan fingerprint density at radius 1 is 0.391 bits per heavy atom. The van der Waals surface area contributed by atoms with Gasteiger partial charge < -0.3 is 13.9 Å². The minimum atomic E-state index is 0.854. The molecule has 0 aliphatic carbocycles. The van der Waals surface area contributed by atoms with E-state index in [1.165, 1.54) is 44.1 Å². The summed E-state index contributed by atoms with van der Waals surface area (Å²) in [6.07, 6.45) is 0. The number of hydrogen-bond acceptors (Lipinski definition) is 2. The first-order valence-corrected chi connectivity index (χ1v) is 21.9. The molecule has 0 radical (unpaired) electrons. The lowest BCUT2D eigenvalue weighted by atomic mass is 9.92. The average Bonchev–Trinajstić information content (AvgIpc) is 3.92. The number of benzene rings is 10. The zero-order valence-electron chi connectivity index (χ0n) is 35.3. The first kappa shape index (κ1) is 37.4. The molecule has 0 bridgehead atoms. The molecule has 10 aromatic carbocycles. The third kappa shape index (κ3) is 6.29. The van der Waals surface area contributed by atoms with Gasteiger partial charge in [0, 0.05) is 38.7 Å². The zero-order valence-corrected chi connectivity index (χ0v) is 35.3. The zero-order chi connectivity index (χ0) is 42.6. The molecule has 0 saturated heterocycles. The van der Waals surface area contributed by atoms with Gasteiger partial charge in [-0.2, -0.15) is 0 Å². The van der Waals surface area contributed by atoms with Crippen LogP contribution in [0.4, 0.5) is 17.1 Å². The summed E-state index contributed by atoms with van der Waals surface area (Å²) in [6, 6.07) is 85.0. The van der Waals surface area contributed by atoms with E-state index in [2.05, 4.69) is 253 Å². The molecule has 2 aromatic heterocycles. The van der Waals surface area contributed by atoms with Crippen LogP contribution >= 0.6 is 0 Å². The lowest BCUT2D eigenvalue weighted by Crippen LogP contribution is -2.13. The van der Waals surface area contributed by atoms with E-state index >= 15 is 0 Å². The van der Waals surface area contributed by atoms with E-state index in [1.807, 2.05) is 0 Å². The van der Waals surface area contributed by atoms with Crippen molar-refractivity contribution in [2.75, 3.05) is 4.90 Å². The highest BCUT2D eigenvalue weighted by Gasteiger charge is 2.26. The van der Waals surface area contributed by atoms with Crippen molar-refractivity contribution in [2.24, 2.45) is 0 Å². The van der Waals surface area contributed by atoms with Crippen molar-refractivity contribution in [3.8, 4) is 50.2 Å². The molecule has 0 fully saturated rings. The first-order valence-electron chi connectivity index (χ1n) is 21.9. The molecule has 3 heteroatoms. The number of hydrogen-bond donors (Lipinski definition) is 0. The van der Waals surface area contributed by atoms with Crippen molar-refractivity contribution in [1.82, 2.24) is 4.57 Å². The molecule has 64 heavy (non-hydrogen) atoms. The van der Waals surface area contributed by atoms with Gasteiger partial charge >= 0.3 is 0 Å². The summed E-state index contributed by atoms with van der Waals surface area (Å²) in [5.41, 5.74) is 18.8. The van der Waals surface area contributed by atoms with Gasteiger partial charge in [-0.15, -0.1) is 0 Å². The van der Waals surface area contributed by atoms with Crippen LogP contribution in [-0.2, 0) is 0 Å². The van der Waals surface area contributed by atoms with Gasteiger partial charge in [-0.3, -0.25) is 0 Å². The van der Waals surface area contributed by atoms with Crippen molar-refractivity contribution in [2.45, 2.75) is 6.92 Å². The van der Waals surface area contributed by atoms with Gasteiger partial charge in [0.1, 0.15) is 11.2 Å². The number of fused-ring (bicyclic) bond motifs is 6. The van der Waals surface area contributed by atoms with Crippen LogP contribution in [0.2, 0.25) is 0 Å². The number of anilines is 3. The second kappa shape index (κ2) is 15.5. The molecular formula is C61H42N2O. The highest BCUT2D eigenvalue weighted by atomic mass is 16.3. The maximum absolute atomic E-state index is 6.99. The van der Waals surface area contributed by atoms with Crippen LogP contribution in [0.3, 0.4) is 0 Å². The third-order valence-corrected chi connectivity index (χ3v) is 12.7. The summed E-state index contributed by atoms with van der Waals surface area (Å²) in [5, 5.41) is 4.64. The molecule has 2 heterocycles. The number of rotatable bonds is 8. The number of aromatic nitrogens is 1. The summed E-state index contributed by atoms with van der Waals surface area (Å²) in [6.45, 7) is 2.25. The van der Waals surface area contributed by atoms with Crippen LogP contribution in [0.5, 0.6) is 0 Å². The number of nitrogens with zero attached hydrogens (tertiary/aromatic N) is 2. The highest BCUT2D eigenvalue weighted by molar-refractivity contribution is 6.18. The van der Waals surface area contributed by atoms with Gasteiger partial charge in [0.2, 0.25) is 0 Å². The van der Waals surface area contributed by atoms with Crippen molar-refractivity contribution in [3.63, 3.8) is 0 Å². The average molecular weight is 819 g/mol. The quantitative estimate of drug-likeness (QED) is 0.152. The fraction of sp³-hybridized carbons (Fsp3) is 0.0164. The molecule has 0 spiro atoms. The molecule has 0 saturated carbocycles. The maximum atomic E-state index is 6.99. The molecular weight excluding hydrogens is 777 g/mol. The van der Waals surface area contributed by atoms with E-state index in [9.17, 15) is 0 Å². The smallest absolute Gasteiger partial charge is 0.145 e. The molecule has 0 aliphatic rings. The molecule has 0 atom stereocenters. The monoisotopic (exact) mass is 818 g/mol. The van der Waals surface area contributed by atoms with Gasteiger partial charge in [0.05, 0.1) is 27.8 Å². The fourth-order valence-corrected chi connectivity index (χ4v) is 9.75. The van der Waals surface area contributed by atoms with Crippen molar-refractivity contribution in [3.05, 3.63) is 242 Å². The first-order chi connectivity index (χ1) is 31.7. The van der Waals surface area contributed by atoms with Crippen molar-refractivity contribution in [1.29, 1.82) is 0 Å². The van der Waals surface area contributed by atoms with Crippen LogP contribution < -0.4 is 4.90 Å². The summed E-state index contributed by atoms with van der Waals surface area (Å²) in [4.78, 5) is 2.46. The second-order valence-electron chi connectivity index (χ2n) is 16.5. The van der Waals surface area contributed by atoms with Crippen LogP contribution in [0.15, 0.2) is 241 Å². The van der Waals surface area contributed by atoms with Gasteiger partial charge in [0.25, 0.3) is 0 Å². The summed E-state index contributed by atoms with van der Waals surface area (Å²) in [5.74, 6) is 0. The van der Waals surface area contributed by atoms with Crippen LogP contribution in [0.1, 0.15) is 5.56 Å². The largest absolute Gasteiger partial charge is 0.455 e. The lowest BCUT2D eigenvalue weighted by Gasteiger charge is -2.31. The van der Waals surface area contributed by atoms with E-state index in [0.29, 0.717) is 0 Å². The lowest BCUT2D eigenvalue weighted by molar-refractivity contribution is 0.670. The number of furan rings is 1. The van der Waals surface area contributed by atoms with Gasteiger partial charge in [-0.1, -0.05) is 170 Å². The molecule has 0 aliphatic heterocycles. The van der Waals surface area contributed by atoms with E-state index in [0.717, 1.165) is 72.5 Å². The highest BCUT2D eigenvalue weighted by Crippen LogP contribution is 2.50. The molecule has 0 amide bonds. The Balaban J connectivity index is 1.08. The van der Waals surface area contributed by atoms with Gasteiger partial charge in [-0.25, -0.2) is 0 Å². The van der Waals surface area contributed by atoms with Gasteiger partial charge in [-0.05, 0) is 113 Å². The third-order valence-electron chi connectivity index (χ3n) is 12.7. The Morgan fingerprint density at radius 3 is 1.53 bits per heavy atom. The molecule has 12 rings (SSSR count). The fourth-order valence-electron chi connectivity index (χ4n) is 9.75. The van der Waals surface area contributed by atoms with Crippen molar-refractivity contribution < 1.29 is 4.42 Å². The topological polar surface area (TPSA) is 21.3 Å². The Kier molecular flexibility index (Phi) is 9.05. The second-order valence-corrected chi connectivity index (χ2v) is 16.5. The Bertz CT molecular complexity index is 3590. The Hall–Kier alpha value is -8.40. The molecule has 0 unspecified atom stereocenters.